The first-order chi connectivity index (χ1) is 56.0. The largest absolute Gasteiger partial charge is 0.490 e. The van der Waals surface area contributed by atoms with Gasteiger partial charge in [0.15, 0.2) is 46.0 Å². The summed E-state index contributed by atoms with van der Waals surface area (Å²) < 4.78 is 51.7. The second-order valence-corrected chi connectivity index (χ2v) is 31.7. The fraction of sp³-hybridized carbons (Fsp3) is 0.714. The summed E-state index contributed by atoms with van der Waals surface area (Å²) in [5, 5.41) is 6.31. The molecule has 0 bridgehead atoms. The van der Waals surface area contributed by atoms with E-state index in [0.717, 1.165) is 141 Å². The summed E-state index contributed by atoms with van der Waals surface area (Å²) in [6.07, 6.45) is 53.9. The Hall–Kier alpha value is -6.84. The highest BCUT2D eigenvalue weighted by atomic mass is 16.5. The summed E-state index contributed by atoms with van der Waals surface area (Å²) in [6.45, 7) is 22.5. The lowest BCUT2D eigenvalue weighted by Gasteiger charge is -2.29. The lowest BCUT2D eigenvalue weighted by atomic mass is 10.1. The van der Waals surface area contributed by atoms with Crippen molar-refractivity contribution in [2.45, 2.75) is 364 Å². The van der Waals surface area contributed by atoms with Crippen molar-refractivity contribution < 1.29 is 57.1 Å². The van der Waals surface area contributed by atoms with Gasteiger partial charge in [-0.1, -0.05) is 312 Å². The van der Waals surface area contributed by atoms with Gasteiger partial charge in [0.25, 0.3) is 23.6 Å². The maximum absolute atomic E-state index is 15.6. The van der Waals surface area contributed by atoms with E-state index in [1.54, 1.807) is 58.3 Å². The molecule has 0 aliphatic heterocycles. The van der Waals surface area contributed by atoms with E-state index in [4.69, 9.17) is 37.9 Å². The van der Waals surface area contributed by atoms with Crippen LogP contribution in [0, 0.1) is 0 Å². The van der Waals surface area contributed by atoms with Crippen molar-refractivity contribution in [2.75, 3.05) is 92.1 Å². The SMILES string of the molecule is CCCCCCCCOc1ccc(C(=O)NCCN(CCN(CCNC(=O)c2ccc(OCCCCCCCC)c(OCCCCCCCC)c2)C(=O)c2ccc(OCCCCCCCC)c(OCCCCCCCC)c2)C(=O)c2ccc(OCCCCCCCC)c(OCCCCCCCC)c2)cc1OCCCCCCCC. The van der Waals surface area contributed by atoms with Crippen LogP contribution in [0.2, 0.25) is 0 Å². The van der Waals surface area contributed by atoms with E-state index in [9.17, 15) is 9.59 Å². The number of ether oxygens (including phenoxy) is 8. The Morgan fingerprint density at radius 2 is 0.395 bits per heavy atom. The molecule has 4 aromatic rings. The van der Waals surface area contributed by atoms with E-state index < -0.39 is 0 Å². The third kappa shape index (κ3) is 45.6. The molecule has 4 aromatic carbocycles. The molecule has 0 unspecified atom stereocenters. The first kappa shape index (κ1) is 99.5. The van der Waals surface area contributed by atoms with Crippen molar-refractivity contribution in [3.05, 3.63) is 95.1 Å². The van der Waals surface area contributed by atoms with E-state index in [2.05, 4.69) is 66.0 Å². The van der Waals surface area contributed by atoms with E-state index in [1.807, 2.05) is 24.3 Å². The molecule has 4 amide bonds. The zero-order chi connectivity index (χ0) is 81.8. The molecule has 2 N–H and O–H groups in total. The summed E-state index contributed by atoms with van der Waals surface area (Å²) in [7, 11) is 0. The second-order valence-electron chi connectivity index (χ2n) is 31.7. The molecule has 16 nitrogen and oxygen atoms in total. The van der Waals surface area contributed by atoms with Crippen molar-refractivity contribution in [1.82, 2.24) is 20.4 Å². The van der Waals surface area contributed by atoms with Crippen LogP contribution in [-0.4, -0.2) is 126 Å². The molecular formula is C98H162N4O12. The minimum Gasteiger partial charge on any atom is -0.490 e. The standard InChI is InChI=1S/C98H162N4O12/c1-9-17-25-33-41-49-71-107-87-61-57-83(79-91(87)111-75-53-45-37-29-21-13-5)95(103)99-65-67-101(97(105)85-59-63-89(109-73-51-43-35-27-19-11-3)93(81-85)113-77-55-47-39-31-23-15-7)69-70-102(98(106)86-60-64-90(110-74-52-44-36-28-20-12-4)94(82-86)114-78-56-48-40-32-24-16-8)68-66-100-96(104)84-58-62-88(108-72-50-42-34-26-18-10-2)92(80-84)112-76-54-46-38-30-22-14-6/h57-64,79-82H,9-56,65-78H2,1-8H3,(H,99,103)(H,100,104). The van der Waals surface area contributed by atoms with Gasteiger partial charge >= 0.3 is 0 Å². The maximum atomic E-state index is 15.6. The Morgan fingerprint density at radius 3 is 0.605 bits per heavy atom. The number of nitrogens with zero attached hydrogens (tertiary/aromatic N) is 2. The fourth-order valence-electron chi connectivity index (χ4n) is 14.1. The average Bonchev–Trinajstić information content (AvgIpc) is 0.840. The van der Waals surface area contributed by atoms with E-state index in [-0.39, 0.29) is 62.9 Å². The minimum absolute atomic E-state index is 0.0695. The molecule has 0 aliphatic carbocycles. The first-order valence-corrected chi connectivity index (χ1v) is 46.8. The molecule has 0 fully saturated rings. The van der Waals surface area contributed by atoms with Crippen LogP contribution in [0.4, 0.5) is 0 Å². The Bertz CT molecular complexity index is 2870. The molecule has 646 valence electrons. The number of hydrogen-bond donors (Lipinski definition) is 2. The number of rotatable bonds is 77. The number of benzene rings is 4. The van der Waals surface area contributed by atoms with Crippen molar-refractivity contribution >= 4 is 23.6 Å². The van der Waals surface area contributed by atoms with E-state index >= 15 is 9.59 Å². The molecule has 0 heterocycles. The molecule has 0 saturated carbocycles. The lowest BCUT2D eigenvalue weighted by Crippen LogP contribution is -2.46. The van der Waals surface area contributed by atoms with Gasteiger partial charge in [-0.25, -0.2) is 0 Å². The number of carbonyl (C=O) groups excluding carboxylic acids is 4. The molecule has 0 spiro atoms. The smallest absolute Gasteiger partial charge is 0.254 e. The zero-order valence-electron chi connectivity index (χ0n) is 73.6. The third-order valence-corrected chi connectivity index (χ3v) is 21.4. The molecule has 0 radical (unpaired) electrons. The number of unbranched alkanes of at least 4 members (excludes halogenated alkanes) is 40. The minimum atomic E-state index is -0.320. The van der Waals surface area contributed by atoms with Gasteiger partial charge in [0.05, 0.1) is 52.9 Å². The van der Waals surface area contributed by atoms with Gasteiger partial charge in [-0.2, -0.15) is 0 Å². The van der Waals surface area contributed by atoms with Crippen LogP contribution in [0.15, 0.2) is 72.8 Å². The number of carbonyl (C=O) groups is 4. The predicted octanol–water partition coefficient (Wildman–Crippen LogP) is 26.0. The van der Waals surface area contributed by atoms with Crippen molar-refractivity contribution in [3.63, 3.8) is 0 Å². The highest BCUT2D eigenvalue weighted by Gasteiger charge is 2.25. The van der Waals surface area contributed by atoms with Gasteiger partial charge in [0, 0.05) is 61.5 Å². The van der Waals surface area contributed by atoms with Gasteiger partial charge in [-0.3, -0.25) is 19.2 Å². The van der Waals surface area contributed by atoms with Crippen molar-refractivity contribution in [2.24, 2.45) is 0 Å². The van der Waals surface area contributed by atoms with Gasteiger partial charge in [0.2, 0.25) is 0 Å². The quantitative estimate of drug-likeness (QED) is 0.0401. The first-order valence-electron chi connectivity index (χ1n) is 46.8. The molecule has 16 heteroatoms. The Labute approximate surface area is 694 Å². The number of amides is 4. The summed E-state index contributed by atoms with van der Waals surface area (Å²) in [5.74, 6) is 3.28. The predicted molar refractivity (Wildman–Crippen MR) is 473 cm³/mol. The molecule has 114 heavy (non-hydrogen) atoms. The molecular weight excluding hydrogens is 1430 g/mol. The number of nitrogens with one attached hydrogen (secondary N) is 2. The van der Waals surface area contributed by atoms with Gasteiger partial charge < -0.3 is 58.3 Å². The van der Waals surface area contributed by atoms with Crippen molar-refractivity contribution in [3.8, 4) is 46.0 Å². The number of hydrogen-bond acceptors (Lipinski definition) is 12. The van der Waals surface area contributed by atoms with Gasteiger partial charge in [-0.05, 0) is 124 Å². The van der Waals surface area contributed by atoms with Gasteiger partial charge in [0.1, 0.15) is 0 Å². The van der Waals surface area contributed by atoms with Gasteiger partial charge in [-0.15, -0.1) is 0 Å². The summed E-state index contributed by atoms with van der Waals surface area (Å²) in [6, 6.07) is 21.7. The molecule has 0 atom stereocenters. The van der Waals surface area contributed by atoms with Crippen LogP contribution in [0.1, 0.15) is 405 Å². The average molecular weight is 1590 g/mol. The Morgan fingerprint density at radius 1 is 0.219 bits per heavy atom. The third-order valence-electron chi connectivity index (χ3n) is 21.4. The summed E-state index contributed by atoms with van der Waals surface area (Å²) in [5.41, 5.74) is 1.61. The zero-order valence-corrected chi connectivity index (χ0v) is 73.6. The summed E-state index contributed by atoms with van der Waals surface area (Å²) >= 11 is 0. The Kier molecular flexibility index (Phi) is 59.6. The molecule has 0 aromatic heterocycles. The van der Waals surface area contributed by atoms with Crippen LogP contribution < -0.4 is 48.5 Å². The molecule has 0 aliphatic rings. The van der Waals surface area contributed by atoms with Crippen LogP contribution in [0.25, 0.3) is 0 Å². The summed E-state index contributed by atoms with van der Waals surface area (Å²) in [4.78, 5) is 63.7. The topological polar surface area (TPSA) is 173 Å². The normalized spacial score (nSPS) is 11.2. The van der Waals surface area contributed by atoms with Crippen LogP contribution in [-0.2, 0) is 0 Å². The van der Waals surface area contributed by atoms with Crippen molar-refractivity contribution in [1.29, 1.82) is 0 Å². The lowest BCUT2D eigenvalue weighted by molar-refractivity contribution is 0.0659. The monoisotopic (exact) mass is 1590 g/mol. The second kappa shape index (κ2) is 68.2. The van der Waals surface area contributed by atoms with Crippen LogP contribution in [0.5, 0.6) is 46.0 Å². The fourth-order valence-corrected chi connectivity index (χ4v) is 14.1. The molecule has 0 saturated heterocycles. The van der Waals surface area contributed by atoms with Crippen LogP contribution in [0.3, 0.4) is 0 Å². The molecule has 4 rings (SSSR count). The van der Waals surface area contributed by atoms with Crippen LogP contribution >= 0.6 is 0 Å². The van der Waals surface area contributed by atoms with E-state index in [0.29, 0.717) is 121 Å². The highest BCUT2D eigenvalue weighted by Crippen LogP contribution is 2.34. The maximum Gasteiger partial charge on any atom is 0.254 e. The van der Waals surface area contributed by atoms with E-state index in [1.165, 1.54) is 167 Å². The Balaban J connectivity index is 1.79. The highest BCUT2D eigenvalue weighted by molar-refractivity contribution is 5.97.